The van der Waals surface area contributed by atoms with Gasteiger partial charge in [0.25, 0.3) is 0 Å². The maximum Gasteiger partial charge on any atom is 0.150 e. The van der Waals surface area contributed by atoms with Crippen LogP contribution >= 0.6 is 11.8 Å². The number of methoxy groups -OCH3 is 1. The lowest BCUT2D eigenvalue weighted by Gasteiger charge is -2.12. The lowest BCUT2D eigenvalue weighted by molar-refractivity contribution is 0.231. The minimum atomic E-state index is 0.647. The van der Waals surface area contributed by atoms with E-state index in [1.54, 1.807) is 18.9 Å². The number of hydrogen-bond acceptors (Lipinski definition) is 3. The van der Waals surface area contributed by atoms with Crippen molar-refractivity contribution >= 4 is 11.8 Å². The molecule has 0 saturated heterocycles. The van der Waals surface area contributed by atoms with Crippen molar-refractivity contribution in [2.75, 3.05) is 20.0 Å². The Hall–Kier alpha value is -1.03. The van der Waals surface area contributed by atoms with Crippen LogP contribution in [0, 0.1) is 0 Å². The molecule has 0 atom stereocenters. The predicted octanol–water partition coefficient (Wildman–Crippen LogP) is 3.72. The van der Waals surface area contributed by atoms with Crippen molar-refractivity contribution in [3.05, 3.63) is 24.6 Å². The predicted molar refractivity (Wildman–Crippen MR) is 77.5 cm³/mol. The molecule has 0 amide bonds. The van der Waals surface area contributed by atoms with Crippen LogP contribution in [0.3, 0.4) is 0 Å². The van der Waals surface area contributed by atoms with Gasteiger partial charge in [-0.25, -0.2) is 0 Å². The van der Waals surface area contributed by atoms with Crippen molar-refractivity contribution in [2.45, 2.75) is 37.8 Å². The molecule has 0 spiro atoms. The summed E-state index contributed by atoms with van der Waals surface area (Å²) in [6, 6.07) is 2.15. The highest BCUT2D eigenvalue weighted by molar-refractivity contribution is 7.98. The van der Waals surface area contributed by atoms with Crippen LogP contribution in [0.2, 0.25) is 0 Å². The SMILES string of the molecule is C=COCCn1c(CCCC)cc(OC)c1SC. The fourth-order valence-electron chi connectivity index (χ4n) is 1.95. The molecule has 0 aliphatic heterocycles. The molecule has 0 radical (unpaired) electrons. The highest BCUT2D eigenvalue weighted by atomic mass is 32.2. The molecule has 18 heavy (non-hydrogen) atoms. The molecule has 0 aliphatic carbocycles. The van der Waals surface area contributed by atoms with E-state index in [9.17, 15) is 0 Å². The molecule has 4 heteroatoms. The average molecular weight is 269 g/mol. The number of nitrogens with zero attached hydrogens (tertiary/aromatic N) is 1. The van der Waals surface area contributed by atoms with Crippen molar-refractivity contribution < 1.29 is 9.47 Å². The fourth-order valence-corrected chi connectivity index (χ4v) is 2.72. The van der Waals surface area contributed by atoms with Crippen molar-refractivity contribution in [3.8, 4) is 5.75 Å². The first kappa shape index (κ1) is 15.0. The standard InChI is InChI=1S/C14H23NO2S/c1-5-7-8-12-11-13(16-3)14(18-4)15(12)9-10-17-6-2/h6,11H,2,5,7-10H2,1,3-4H3. The van der Waals surface area contributed by atoms with Crippen molar-refractivity contribution in [1.82, 2.24) is 4.57 Å². The quantitative estimate of drug-likeness (QED) is 0.388. The van der Waals surface area contributed by atoms with Crippen molar-refractivity contribution in [3.63, 3.8) is 0 Å². The van der Waals surface area contributed by atoms with E-state index in [-0.39, 0.29) is 0 Å². The van der Waals surface area contributed by atoms with Crippen molar-refractivity contribution in [2.24, 2.45) is 0 Å². The highest BCUT2D eigenvalue weighted by Crippen LogP contribution is 2.32. The number of aryl methyl sites for hydroxylation is 1. The van der Waals surface area contributed by atoms with E-state index >= 15 is 0 Å². The summed E-state index contributed by atoms with van der Waals surface area (Å²) in [4.78, 5) is 0. The van der Waals surface area contributed by atoms with Gasteiger partial charge in [-0.2, -0.15) is 0 Å². The molecule has 0 aromatic carbocycles. The highest BCUT2D eigenvalue weighted by Gasteiger charge is 2.14. The Morgan fingerprint density at radius 3 is 2.83 bits per heavy atom. The van der Waals surface area contributed by atoms with Gasteiger partial charge in [0.2, 0.25) is 0 Å². The summed E-state index contributed by atoms with van der Waals surface area (Å²) < 4.78 is 13.0. The van der Waals surface area contributed by atoms with E-state index in [4.69, 9.17) is 9.47 Å². The summed E-state index contributed by atoms with van der Waals surface area (Å²) in [5.74, 6) is 0.965. The lowest BCUT2D eigenvalue weighted by atomic mass is 10.2. The number of rotatable bonds is 9. The maximum atomic E-state index is 5.44. The Balaban J connectivity index is 2.91. The van der Waals surface area contributed by atoms with Gasteiger partial charge in [-0.05, 0) is 19.1 Å². The molecular weight excluding hydrogens is 246 g/mol. The third-order valence-corrected chi connectivity index (χ3v) is 3.66. The van der Waals surface area contributed by atoms with E-state index in [1.807, 2.05) is 0 Å². The lowest BCUT2D eigenvalue weighted by Crippen LogP contribution is -2.08. The van der Waals surface area contributed by atoms with Gasteiger partial charge < -0.3 is 14.0 Å². The first-order valence-electron chi connectivity index (χ1n) is 6.31. The van der Waals surface area contributed by atoms with Gasteiger partial charge in [0.15, 0.2) is 5.75 Å². The van der Waals surface area contributed by atoms with Crippen LogP contribution in [0.5, 0.6) is 5.75 Å². The molecule has 0 N–H and O–H groups in total. The second kappa shape index (κ2) is 8.14. The first-order chi connectivity index (χ1) is 8.78. The fraction of sp³-hybridized carbons (Fsp3) is 0.571. The largest absolute Gasteiger partial charge is 0.500 e. The summed E-state index contributed by atoms with van der Waals surface area (Å²) >= 11 is 1.72. The Morgan fingerprint density at radius 1 is 1.50 bits per heavy atom. The third kappa shape index (κ3) is 3.73. The third-order valence-electron chi connectivity index (χ3n) is 2.85. The van der Waals surface area contributed by atoms with Crippen LogP contribution in [0.15, 0.2) is 23.9 Å². The molecule has 0 fully saturated rings. The summed E-state index contributed by atoms with van der Waals surface area (Å²) in [5.41, 5.74) is 1.32. The summed E-state index contributed by atoms with van der Waals surface area (Å²) in [6.45, 7) is 7.26. The van der Waals surface area contributed by atoms with E-state index < -0.39 is 0 Å². The zero-order valence-corrected chi connectivity index (χ0v) is 12.4. The Kier molecular flexibility index (Phi) is 6.80. The second-order valence-electron chi connectivity index (χ2n) is 4.01. The van der Waals surface area contributed by atoms with E-state index in [1.165, 1.54) is 29.8 Å². The molecule has 102 valence electrons. The van der Waals surface area contributed by atoms with E-state index in [2.05, 4.69) is 30.4 Å². The van der Waals surface area contributed by atoms with Gasteiger partial charge in [0, 0.05) is 11.8 Å². The van der Waals surface area contributed by atoms with Crippen LogP contribution in [0.25, 0.3) is 0 Å². The number of thioether (sulfide) groups is 1. The molecule has 3 nitrogen and oxygen atoms in total. The summed E-state index contributed by atoms with van der Waals surface area (Å²) in [7, 11) is 1.73. The molecule has 0 aliphatic rings. The second-order valence-corrected chi connectivity index (χ2v) is 4.80. The Morgan fingerprint density at radius 2 is 2.28 bits per heavy atom. The first-order valence-corrected chi connectivity index (χ1v) is 7.53. The topological polar surface area (TPSA) is 23.4 Å². The normalized spacial score (nSPS) is 10.4. The number of unbranched alkanes of at least 4 members (excludes halogenated alkanes) is 1. The van der Waals surface area contributed by atoms with Gasteiger partial charge in [-0.15, -0.1) is 11.8 Å². The number of ether oxygens (including phenoxy) is 2. The molecule has 0 unspecified atom stereocenters. The van der Waals surface area contributed by atoms with Gasteiger partial charge in [0.1, 0.15) is 11.6 Å². The molecule has 1 rings (SSSR count). The minimum Gasteiger partial charge on any atom is -0.500 e. The van der Waals surface area contributed by atoms with Gasteiger partial charge >= 0.3 is 0 Å². The van der Waals surface area contributed by atoms with Gasteiger partial charge in [-0.1, -0.05) is 19.9 Å². The Labute approximate surface area is 114 Å². The molecule has 0 saturated carbocycles. The van der Waals surface area contributed by atoms with Gasteiger partial charge in [0.05, 0.1) is 19.9 Å². The molecule has 1 aromatic heterocycles. The molecular formula is C14H23NO2S. The zero-order chi connectivity index (χ0) is 13.4. The smallest absolute Gasteiger partial charge is 0.150 e. The Bertz CT molecular complexity index is 374. The van der Waals surface area contributed by atoms with Gasteiger partial charge in [-0.3, -0.25) is 0 Å². The summed E-state index contributed by atoms with van der Waals surface area (Å²) in [5, 5.41) is 1.18. The van der Waals surface area contributed by atoms with Crippen molar-refractivity contribution in [1.29, 1.82) is 0 Å². The van der Waals surface area contributed by atoms with E-state index in [0.29, 0.717) is 6.61 Å². The summed E-state index contributed by atoms with van der Waals surface area (Å²) in [6.07, 6.45) is 7.05. The van der Waals surface area contributed by atoms with Crippen LogP contribution in [-0.2, 0) is 17.7 Å². The van der Waals surface area contributed by atoms with Crippen LogP contribution in [0.4, 0.5) is 0 Å². The number of aromatic nitrogens is 1. The number of hydrogen-bond donors (Lipinski definition) is 0. The van der Waals surface area contributed by atoms with Crippen LogP contribution in [-0.4, -0.2) is 24.5 Å². The zero-order valence-electron chi connectivity index (χ0n) is 11.6. The monoisotopic (exact) mass is 269 g/mol. The molecule has 1 heterocycles. The molecule has 0 bridgehead atoms. The average Bonchev–Trinajstić information content (AvgIpc) is 2.74. The minimum absolute atomic E-state index is 0.647. The molecule has 1 aromatic rings. The van der Waals surface area contributed by atoms with Crippen LogP contribution in [0.1, 0.15) is 25.5 Å². The van der Waals surface area contributed by atoms with E-state index in [0.717, 1.165) is 18.7 Å². The maximum absolute atomic E-state index is 5.44. The van der Waals surface area contributed by atoms with Crippen LogP contribution < -0.4 is 4.74 Å².